The highest BCUT2D eigenvalue weighted by molar-refractivity contribution is 7.98. The van der Waals surface area contributed by atoms with Gasteiger partial charge in [-0.05, 0) is 20.1 Å². The Bertz CT molecular complexity index is 117. The highest BCUT2D eigenvalue weighted by atomic mass is 32.2. The van der Waals surface area contributed by atoms with Crippen LogP contribution < -0.4 is 5.32 Å². The highest BCUT2D eigenvalue weighted by Gasteiger charge is 2.02. The Morgan fingerprint density at radius 1 is 1.60 bits per heavy atom. The lowest BCUT2D eigenvalue weighted by Crippen LogP contribution is -2.34. The number of rotatable bonds is 4. The van der Waals surface area contributed by atoms with Crippen LogP contribution in [-0.2, 0) is 0 Å². The quantitative estimate of drug-likeness (QED) is 0.618. The smallest absolute Gasteiger partial charge is 0.0660 e. The van der Waals surface area contributed by atoms with E-state index in [0.717, 1.165) is 5.75 Å². The molecule has 0 radical (unpaired) electrons. The van der Waals surface area contributed by atoms with Gasteiger partial charge in [0.2, 0.25) is 0 Å². The number of terminal acetylenes is 1. The van der Waals surface area contributed by atoms with Crippen LogP contribution in [0.15, 0.2) is 0 Å². The van der Waals surface area contributed by atoms with E-state index in [-0.39, 0.29) is 6.04 Å². The van der Waals surface area contributed by atoms with E-state index in [1.165, 1.54) is 0 Å². The van der Waals surface area contributed by atoms with Crippen LogP contribution in [0, 0.1) is 12.3 Å². The zero-order valence-electron chi connectivity index (χ0n) is 6.85. The Labute approximate surface area is 68.0 Å². The molecule has 0 heterocycles. The van der Waals surface area contributed by atoms with Gasteiger partial charge in [-0.15, -0.1) is 6.42 Å². The molecule has 0 spiro atoms. The number of thioether (sulfide) groups is 1. The first-order valence-electron chi connectivity index (χ1n) is 3.41. The van der Waals surface area contributed by atoms with E-state index in [0.29, 0.717) is 6.04 Å². The standard InChI is InChI=1S/C8H15NS/c1-5-7(2)9-8(3)6-10-4/h1,7-9H,6H2,2-4H3. The third kappa shape index (κ3) is 4.72. The van der Waals surface area contributed by atoms with Gasteiger partial charge in [-0.1, -0.05) is 5.92 Å². The summed E-state index contributed by atoms with van der Waals surface area (Å²) in [5, 5.41) is 3.27. The molecular formula is C8H15NS. The molecule has 0 amide bonds. The van der Waals surface area contributed by atoms with E-state index >= 15 is 0 Å². The second kappa shape index (κ2) is 5.64. The Morgan fingerprint density at radius 3 is 2.60 bits per heavy atom. The molecular weight excluding hydrogens is 142 g/mol. The van der Waals surface area contributed by atoms with Gasteiger partial charge in [-0.3, -0.25) is 0 Å². The zero-order valence-corrected chi connectivity index (χ0v) is 7.66. The van der Waals surface area contributed by atoms with Crippen LogP contribution in [0.3, 0.4) is 0 Å². The maximum absolute atomic E-state index is 5.20. The molecule has 0 saturated carbocycles. The summed E-state index contributed by atoms with van der Waals surface area (Å²) < 4.78 is 0. The molecule has 0 aliphatic heterocycles. The number of hydrogen-bond donors (Lipinski definition) is 1. The van der Waals surface area contributed by atoms with Gasteiger partial charge in [0, 0.05) is 11.8 Å². The third-order valence-electron chi connectivity index (χ3n) is 1.20. The molecule has 0 aliphatic rings. The van der Waals surface area contributed by atoms with Crippen molar-refractivity contribution in [3.63, 3.8) is 0 Å². The predicted molar refractivity (Wildman–Crippen MR) is 49.3 cm³/mol. The lowest BCUT2D eigenvalue weighted by atomic mass is 10.3. The molecule has 0 aromatic rings. The summed E-state index contributed by atoms with van der Waals surface area (Å²) in [4.78, 5) is 0. The summed E-state index contributed by atoms with van der Waals surface area (Å²) in [6.07, 6.45) is 7.29. The fourth-order valence-electron chi connectivity index (χ4n) is 0.773. The zero-order chi connectivity index (χ0) is 7.98. The maximum atomic E-state index is 5.20. The SMILES string of the molecule is C#CC(C)NC(C)CSC. The average molecular weight is 157 g/mol. The van der Waals surface area contributed by atoms with Crippen molar-refractivity contribution in [2.45, 2.75) is 25.9 Å². The van der Waals surface area contributed by atoms with Crippen LogP contribution in [0.25, 0.3) is 0 Å². The van der Waals surface area contributed by atoms with Crippen molar-refractivity contribution in [3.8, 4) is 12.3 Å². The van der Waals surface area contributed by atoms with Gasteiger partial charge < -0.3 is 5.32 Å². The summed E-state index contributed by atoms with van der Waals surface area (Å²) in [5.41, 5.74) is 0. The molecule has 0 fully saturated rings. The van der Waals surface area contributed by atoms with Crippen LogP contribution in [0.5, 0.6) is 0 Å². The lowest BCUT2D eigenvalue weighted by molar-refractivity contribution is 0.566. The summed E-state index contributed by atoms with van der Waals surface area (Å²) in [6, 6.07) is 0.711. The van der Waals surface area contributed by atoms with Gasteiger partial charge in [0.15, 0.2) is 0 Å². The summed E-state index contributed by atoms with van der Waals surface area (Å²) in [7, 11) is 0. The van der Waals surface area contributed by atoms with Gasteiger partial charge in [-0.2, -0.15) is 11.8 Å². The fraction of sp³-hybridized carbons (Fsp3) is 0.750. The Kier molecular flexibility index (Phi) is 5.57. The van der Waals surface area contributed by atoms with Crippen molar-refractivity contribution < 1.29 is 0 Å². The van der Waals surface area contributed by atoms with Crippen molar-refractivity contribution in [1.29, 1.82) is 0 Å². The highest BCUT2D eigenvalue weighted by Crippen LogP contribution is 1.96. The van der Waals surface area contributed by atoms with Crippen molar-refractivity contribution in [3.05, 3.63) is 0 Å². The van der Waals surface area contributed by atoms with E-state index in [1.807, 2.05) is 18.7 Å². The van der Waals surface area contributed by atoms with Crippen molar-refractivity contribution in [1.82, 2.24) is 5.32 Å². The molecule has 0 aromatic carbocycles. The molecule has 2 unspecified atom stereocenters. The largest absolute Gasteiger partial charge is 0.301 e. The van der Waals surface area contributed by atoms with E-state index in [9.17, 15) is 0 Å². The van der Waals surface area contributed by atoms with Crippen LogP contribution in [0.2, 0.25) is 0 Å². The van der Waals surface area contributed by atoms with E-state index in [2.05, 4.69) is 24.4 Å². The van der Waals surface area contributed by atoms with Gasteiger partial charge in [0.25, 0.3) is 0 Å². The Morgan fingerprint density at radius 2 is 2.20 bits per heavy atom. The molecule has 2 heteroatoms. The minimum atomic E-state index is 0.196. The van der Waals surface area contributed by atoms with Gasteiger partial charge in [0.1, 0.15) is 0 Å². The molecule has 58 valence electrons. The van der Waals surface area contributed by atoms with Crippen LogP contribution in [-0.4, -0.2) is 24.1 Å². The van der Waals surface area contributed by atoms with E-state index < -0.39 is 0 Å². The maximum Gasteiger partial charge on any atom is 0.0660 e. The number of nitrogens with one attached hydrogen (secondary N) is 1. The Hall–Kier alpha value is -0.130. The van der Waals surface area contributed by atoms with Crippen LogP contribution >= 0.6 is 11.8 Å². The van der Waals surface area contributed by atoms with Crippen molar-refractivity contribution in [2.24, 2.45) is 0 Å². The van der Waals surface area contributed by atoms with Gasteiger partial charge >= 0.3 is 0 Å². The van der Waals surface area contributed by atoms with Gasteiger partial charge in [0.05, 0.1) is 6.04 Å². The average Bonchev–Trinajstić information content (AvgIpc) is 1.88. The molecule has 0 aliphatic carbocycles. The topological polar surface area (TPSA) is 12.0 Å². The van der Waals surface area contributed by atoms with Crippen LogP contribution in [0.1, 0.15) is 13.8 Å². The normalized spacial score (nSPS) is 15.8. The molecule has 1 N–H and O–H groups in total. The molecule has 0 aromatic heterocycles. The monoisotopic (exact) mass is 157 g/mol. The molecule has 2 atom stereocenters. The van der Waals surface area contributed by atoms with Gasteiger partial charge in [-0.25, -0.2) is 0 Å². The first-order valence-corrected chi connectivity index (χ1v) is 4.81. The molecule has 0 saturated heterocycles. The van der Waals surface area contributed by atoms with E-state index in [4.69, 9.17) is 6.42 Å². The minimum absolute atomic E-state index is 0.196. The summed E-state index contributed by atoms with van der Waals surface area (Å²) >= 11 is 1.83. The molecule has 10 heavy (non-hydrogen) atoms. The van der Waals surface area contributed by atoms with Crippen molar-refractivity contribution >= 4 is 11.8 Å². The van der Waals surface area contributed by atoms with Crippen molar-refractivity contribution in [2.75, 3.05) is 12.0 Å². The summed E-state index contributed by atoms with van der Waals surface area (Å²) in [6.45, 7) is 4.14. The third-order valence-corrected chi connectivity index (χ3v) is 2.03. The first kappa shape index (κ1) is 9.87. The lowest BCUT2D eigenvalue weighted by Gasteiger charge is -2.14. The summed E-state index contributed by atoms with van der Waals surface area (Å²) in [5.74, 6) is 3.75. The first-order chi connectivity index (χ1) is 4.70. The fourth-order valence-corrected chi connectivity index (χ4v) is 1.37. The molecule has 0 rings (SSSR count). The Balaban J connectivity index is 3.39. The second-order valence-electron chi connectivity index (χ2n) is 2.41. The van der Waals surface area contributed by atoms with E-state index in [1.54, 1.807) is 0 Å². The minimum Gasteiger partial charge on any atom is -0.301 e. The second-order valence-corrected chi connectivity index (χ2v) is 3.32. The van der Waals surface area contributed by atoms with Crippen LogP contribution in [0.4, 0.5) is 0 Å². The molecule has 0 bridgehead atoms. The molecule has 1 nitrogen and oxygen atoms in total. The number of hydrogen-bond acceptors (Lipinski definition) is 2. The predicted octanol–water partition coefficient (Wildman–Crippen LogP) is 1.35.